The second-order valence-corrected chi connectivity index (χ2v) is 4.44. The predicted molar refractivity (Wildman–Crippen MR) is 63.6 cm³/mol. The van der Waals surface area contributed by atoms with E-state index in [9.17, 15) is 4.39 Å². The summed E-state index contributed by atoms with van der Waals surface area (Å²) in [5.74, 6) is 0.218. The molecule has 0 spiro atoms. The van der Waals surface area contributed by atoms with E-state index in [2.05, 4.69) is 27.5 Å². The maximum absolute atomic E-state index is 13.6. The highest BCUT2D eigenvalue weighted by Gasteiger charge is 2.28. The van der Waals surface area contributed by atoms with E-state index >= 15 is 0 Å². The van der Waals surface area contributed by atoms with Crippen LogP contribution in [0.1, 0.15) is 19.8 Å². The SMILES string of the molecule is CNc1ncc(F)c(NC2(C)CCOCC2)n1. The molecule has 1 fully saturated rings. The fourth-order valence-electron chi connectivity index (χ4n) is 1.81. The van der Waals surface area contributed by atoms with Gasteiger partial charge in [0.2, 0.25) is 5.95 Å². The van der Waals surface area contributed by atoms with Gasteiger partial charge in [0.05, 0.1) is 6.20 Å². The van der Waals surface area contributed by atoms with E-state index in [1.165, 1.54) is 6.20 Å². The zero-order valence-electron chi connectivity index (χ0n) is 10.1. The molecule has 17 heavy (non-hydrogen) atoms. The minimum atomic E-state index is -0.434. The van der Waals surface area contributed by atoms with Gasteiger partial charge >= 0.3 is 0 Å². The van der Waals surface area contributed by atoms with Gasteiger partial charge < -0.3 is 15.4 Å². The van der Waals surface area contributed by atoms with Crippen LogP contribution in [-0.4, -0.2) is 35.8 Å². The van der Waals surface area contributed by atoms with Gasteiger partial charge in [-0.2, -0.15) is 4.98 Å². The highest BCUT2D eigenvalue weighted by atomic mass is 19.1. The van der Waals surface area contributed by atoms with Gasteiger partial charge in [-0.05, 0) is 19.8 Å². The first-order valence-corrected chi connectivity index (χ1v) is 5.69. The number of aromatic nitrogens is 2. The largest absolute Gasteiger partial charge is 0.381 e. The Hall–Kier alpha value is -1.43. The standard InChI is InChI=1S/C11H17FN4O/c1-11(3-5-17-6-4-11)16-9-8(12)7-14-10(13-2)15-9/h7H,3-6H2,1-2H3,(H2,13,14,15,16). The first-order valence-electron chi connectivity index (χ1n) is 5.69. The number of hydrogen-bond acceptors (Lipinski definition) is 5. The summed E-state index contributed by atoms with van der Waals surface area (Å²) in [5.41, 5.74) is -0.168. The van der Waals surface area contributed by atoms with Crippen LogP contribution in [0.25, 0.3) is 0 Å². The molecular weight excluding hydrogens is 223 g/mol. The van der Waals surface area contributed by atoms with E-state index in [0.717, 1.165) is 12.8 Å². The molecule has 0 atom stereocenters. The van der Waals surface area contributed by atoms with Crippen LogP contribution in [0.3, 0.4) is 0 Å². The topological polar surface area (TPSA) is 59.1 Å². The first kappa shape index (κ1) is 12.0. The molecule has 0 amide bonds. The summed E-state index contributed by atoms with van der Waals surface area (Å²) in [7, 11) is 1.70. The summed E-state index contributed by atoms with van der Waals surface area (Å²) in [6.07, 6.45) is 2.85. The Morgan fingerprint density at radius 2 is 2.12 bits per heavy atom. The van der Waals surface area contributed by atoms with Gasteiger partial charge in [0.1, 0.15) is 0 Å². The minimum absolute atomic E-state index is 0.168. The van der Waals surface area contributed by atoms with Crippen LogP contribution in [0.2, 0.25) is 0 Å². The Morgan fingerprint density at radius 1 is 1.41 bits per heavy atom. The monoisotopic (exact) mass is 240 g/mol. The molecule has 0 aliphatic carbocycles. The van der Waals surface area contributed by atoms with Crippen molar-refractivity contribution in [3.05, 3.63) is 12.0 Å². The summed E-state index contributed by atoms with van der Waals surface area (Å²) >= 11 is 0. The van der Waals surface area contributed by atoms with Crippen LogP contribution in [0.15, 0.2) is 6.20 Å². The van der Waals surface area contributed by atoms with Gasteiger partial charge in [-0.1, -0.05) is 0 Å². The molecule has 1 aliphatic rings. The Kier molecular flexibility index (Phi) is 3.42. The second-order valence-electron chi connectivity index (χ2n) is 4.44. The van der Waals surface area contributed by atoms with Crippen molar-refractivity contribution in [1.82, 2.24) is 9.97 Å². The van der Waals surface area contributed by atoms with Crippen molar-refractivity contribution >= 4 is 11.8 Å². The van der Waals surface area contributed by atoms with Crippen LogP contribution in [0, 0.1) is 5.82 Å². The molecule has 2 N–H and O–H groups in total. The third-order valence-corrected chi connectivity index (χ3v) is 2.98. The van der Waals surface area contributed by atoms with E-state index in [1.54, 1.807) is 7.05 Å². The van der Waals surface area contributed by atoms with Gasteiger partial charge in [-0.15, -0.1) is 0 Å². The lowest BCUT2D eigenvalue weighted by Gasteiger charge is -2.34. The van der Waals surface area contributed by atoms with Gasteiger partial charge in [0.25, 0.3) is 0 Å². The summed E-state index contributed by atoms with van der Waals surface area (Å²) in [4.78, 5) is 7.89. The van der Waals surface area contributed by atoms with Crippen molar-refractivity contribution in [2.24, 2.45) is 0 Å². The van der Waals surface area contributed by atoms with Gasteiger partial charge in [0, 0.05) is 25.8 Å². The quantitative estimate of drug-likeness (QED) is 0.841. The number of ether oxygens (including phenoxy) is 1. The normalized spacial score (nSPS) is 18.8. The Balaban J connectivity index is 2.16. The number of anilines is 2. The first-order chi connectivity index (χ1) is 8.13. The lowest BCUT2D eigenvalue weighted by Crippen LogP contribution is -2.41. The number of rotatable bonds is 3. The third kappa shape index (κ3) is 2.82. The van der Waals surface area contributed by atoms with Crippen molar-refractivity contribution in [2.75, 3.05) is 30.9 Å². The van der Waals surface area contributed by atoms with Gasteiger partial charge in [0.15, 0.2) is 11.6 Å². The molecule has 1 aromatic heterocycles. The number of halogens is 1. The van der Waals surface area contributed by atoms with E-state index in [4.69, 9.17) is 4.74 Å². The summed E-state index contributed by atoms with van der Waals surface area (Å²) < 4.78 is 18.9. The molecule has 2 heterocycles. The van der Waals surface area contributed by atoms with Crippen LogP contribution < -0.4 is 10.6 Å². The lowest BCUT2D eigenvalue weighted by atomic mass is 9.92. The lowest BCUT2D eigenvalue weighted by molar-refractivity contribution is 0.0656. The van der Waals surface area contributed by atoms with Crippen molar-refractivity contribution in [3.63, 3.8) is 0 Å². The molecule has 2 rings (SSSR count). The molecule has 94 valence electrons. The van der Waals surface area contributed by atoms with Gasteiger partial charge in [-0.3, -0.25) is 0 Å². The molecule has 1 aromatic rings. The molecule has 5 nitrogen and oxygen atoms in total. The zero-order chi connectivity index (χ0) is 12.3. The molecular formula is C11H17FN4O. The van der Waals surface area contributed by atoms with E-state index in [-0.39, 0.29) is 11.4 Å². The van der Waals surface area contributed by atoms with E-state index in [1.807, 2.05) is 0 Å². The van der Waals surface area contributed by atoms with Crippen molar-refractivity contribution < 1.29 is 9.13 Å². The number of hydrogen-bond donors (Lipinski definition) is 2. The van der Waals surface area contributed by atoms with Crippen molar-refractivity contribution in [2.45, 2.75) is 25.3 Å². The Morgan fingerprint density at radius 3 is 2.76 bits per heavy atom. The number of nitrogens with zero attached hydrogens (tertiary/aromatic N) is 2. The van der Waals surface area contributed by atoms with Gasteiger partial charge in [-0.25, -0.2) is 9.37 Å². The second kappa shape index (κ2) is 4.83. The maximum atomic E-state index is 13.6. The zero-order valence-corrected chi connectivity index (χ0v) is 10.1. The molecule has 0 aromatic carbocycles. The summed E-state index contributed by atoms with van der Waals surface area (Å²) in [5, 5.41) is 5.94. The van der Waals surface area contributed by atoms with E-state index < -0.39 is 5.82 Å². The maximum Gasteiger partial charge on any atom is 0.224 e. The molecule has 0 unspecified atom stereocenters. The molecule has 1 saturated heterocycles. The van der Waals surface area contributed by atoms with Crippen LogP contribution in [0.5, 0.6) is 0 Å². The fourth-order valence-corrected chi connectivity index (χ4v) is 1.81. The van der Waals surface area contributed by atoms with Crippen molar-refractivity contribution in [1.29, 1.82) is 0 Å². The highest BCUT2D eigenvalue weighted by Crippen LogP contribution is 2.25. The smallest absolute Gasteiger partial charge is 0.224 e. The molecule has 0 saturated carbocycles. The Labute approximate surface area is 99.8 Å². The van der Waals surface area contributed by atoms with E-state index in [0.29, 0.717) is 19.2 Å². The average molecular weight is 240 g/mol. The molecule has 0 bridgehead atoms. The predicted octanol–water partition coefficient (Wildman–Crippen LogP) is 1.64. The molecule has 1 aliphatic heterocycles. The molecule has 6 heteroatoms. The van der Waals surface area contributed by atoms with Crippen LogP contribution in [0.4, 0.5) is 16.2 Å². The van der Waals surface area contributed by atoms with Crippen LogP contribution >= 0.6 is 0 Å². The average Bonchev–Trinajstić information content (AvgIpc) is 2.33. The van der Waals surface area contributed by atoms with Crippen LogP contribution in [-0.2, 0) is 4.74 Å². The summed E-state index contributed by atoms with van der Waals surface area (Å²) in [6.45, 7) is 3.43. The van der Waals surface area contributed by atoms with Crippen molar-refractivity contribution in [3.8, 4) is 0 Å². The Bertz CT molecular complexity index is 393. The third-order valence-electron chi connectivity index (χ3n) is 2.98. The molecule has 0 radical (unpaired) electrons. The summed E-state index contributed by atoms with van der Waals surface area (Å²) in [6, 6.07) is 0. The fraction of sp³-hybridized carbons (Fsp3) is 0.636. The minimum Gasteiger partial charge on any atom is -0.381 e. The highest BCUT2D eigenvalue weighted by molar-refractivity contribution is 5.43. The number of nitrogens with one attached hydrogen (secondary N) is 2.